The van der Waals surface area contributed by atoms with Crippen LogP contribution in [0.15, 0.2) is 24.3 Å². The van der Waals surface area contributed by atoms with Gasteiger partial charge in [-0.05, 0) is 19.1 Å². The molecule has 21 heavy (non-hydrogen) atoms. The maximum absolute atomic E-state index is 11.8. The Bertz CT molecular complexity index is 530. The van der Waals surface area contributed by atoms with Gasteiger partial charge in [0.05, 0.1) is 20.2 Å². The number of rotatable bonds is 6. The molecular formula is C14H18N2O5. The van der Waals surface area contributed by atoms with Gasteiger partial charge >= 0.3 is 5.97 Å². The van der Waals surface area contributed by atoms with Gasteiger partial charge in [-0.15, -0.1) is 0 Å². The minimum Gasteiger partial charge on any atom is -0.467 e. The minimum atomic E-state index is -1.42. The highest BCUT2D eigenvalue weighted by Crippen LogP contribution is 2.03. The lowest BCUT2D eigenvalue weighted by molar-refractivity contribution is -0.150. The number of carbonyl (C=O) groups is 3. The van der Waals surface area contributed by atoms with Gasteiger partial charge in [-0.2, -0.15) is 0 Å². The molecule has 1 atom stereocenters. The first-order chi connectivity index (χ1) is 9.93. The summed E-state index contributed by atoms with van der Waals surface area (Å²) >= 11 is 0. The highest BCUT2D eigenvalue weighted by Gasteiger charge is 2.16. The summed E-state index contributed by atoms with van der Waals surface area (Å²) in [5.74, 6) is -1.72. The first-order valence-electron chi connectivity index (χ1n) is 6.31. The number of ether oxygens (including phenoxy) is 1. The fourth-order valence-electron chi connectivity index (χ4n) is 1.54. The second kappa shape index (κ2) is 8.01. The van der Waals surface area contributed by atoms with E-state index in [9.17, 15) is 19.5 Å². The summed E-state index contributed by atoms with van der Waals surface area (Å²) in [7, 11) is 1.13. The fourth-order valence-corrected chi connectivity index (χ4v) is 1.54. The van der Waals surface area contributed by atoms with Gasteiger partial charge in [-0.3, -0.25) is 9.59 Å². The predicted octanol–water partition coefficient (Wildman–Crippen LogP) is -0.625. The number of hydrogen-bond donors (Lipinski definition) is 3. The van der Waals surface area contributed by atoms with Crippen LogP contribution in [-0.2, 0) is 14.3 Å². The van der Waals surface area contributed by atoms with Crippen LogP contribution in [0.5, 0.6) is 0 Å². The summed E-state index contributed by atoms with van der Waals surface area (Å²) in [5.41, 5.74) is 1.39. The van der Waals surface area contributed by atoms with Crippen molar-refractivity contribution in [2.75, 3.05) is 20.2 Å². The molecular weight excluding hydrogens is 276 g/mol. The molecule has 2 amide bonds. The summed E-state index contributed by atoms with van der Waals surface area (Å²) in [6, 6.07) is 6.95. The van der Waals surface area contributed by atoms with Crippen molar-refractivity contribution in [3.63, 3.8) is 0 Å². The lowest BCUT2D eigenvalue weighted by Gasteiger charge is -2.10. The number of methoxy groups -OCH3 is 1. The average Bonchev–Trinajstić information content (AvgIpc) is 2.49. The van der Waals surface area contributed by atoms with Crippen molar-refractivity contribution >= 4 is 17.8 Å². The fraction of sp³-hybridized carbons (Fsp3) is 0.357. The van der Waals surface area contributed by atoms with Gasteiger partial charge in [0.2, 0.25) is 5.91 Å². The van der Waals surface area contributed by atoms with Crippen molar-refractivity contribution in [1.82, 2.24) is 10.6 Å². The van der Waals surface area contributed by atoms with E-state index < -0.39 is 18.0 Å². The predicted molar refractivity (Wildman–Crippen MR) is 74.5 cm³/mol. The van der Waals surface area contributed by atoms with E-state index in [1.807, 2.05) is 13.0 Å². The normalized spacial score (nSPS) is 11.4. The van der Waals surface area contributed by atoms with Crippen LogP contribution in [0.2, 0.25) is 0 Å². The van der Waals surface area contributed by atoms with Crippen molar-refractivity contribution in [2.45, 2.75) is 13.0 Å². The monoisotopic (exact) mass is 294 g/mol. The number of aryl methyl sites for hydroxylation is 1. The molecule has 0 bridgehead atoms. The van der Waals surface area contributed by atoms with Crippen LogP contribution < -0.4 is 10.6 Å². The molecule has 114 valence electrons. The zero-order valence-electron chi connectivity index (χ0n) is 11.9. The molecule has 0 saturated carbocycles. The molecule has 0 aliphatic carbocycles. The molecule has 0 fully saturated rings. The summed E-state index contributed by atoms with van der Waals surface area (Å²) in [6.45, 7) is 1.34. The van der Waals surface area contributed by atoms with Gasteiger partial charge in [0.15, 0.2) is 6.10 Å². The molecule has 7 nitrogen and oxygen atoms in total. The van der Waals surface area contributed by atoms with E-state index in [0.29, 0.717) is 5.56 Å². The SMILES string of the molecule is COC(=O)C(O)CNC(=O)CNC(=O)c1cccc(C)c1. The number of nitrogens with one attached hydrogen (secondary N) is 2. The number of aliphatic hydroxyl groups excluding tert-OH is 1. The number of esters is 1. The third kappa shape index (κ3) is 5.62. The largest absolute Gasteiger partial charge is 0.467 e. The van der Waals surface area contributed by atoms with Gasteiger partial charge in [-0.25, -0.2) is 4.79 Å². The molecule has 7 heteroatoms. The Morgan fingerprint density at radius 1 is 1.29 bits per heavy atom. The number of hydrogen-bond acceptors (Lipinski definition) is 5. The van der Waals surface area contributed by atoms with Gasteiger partial charge < -0.3 is 20.5 Å². The molecule has 1 aromatic carbocycles. The maximum Gasteiger partial charge on any atom is 0.336 e. The first-order valence-corrected chi connectivity index (χ1v) is 6.31. The van der Waals surface area contributed by atoms with Crippen molar-refractivity contribution in [2.24, 2.45) is 0 Å². The van der Waals surface area contributed by atoms with Gasteiger partial charge in [-0.1, -0.05) is 17.7 Å². The summed E-state index contributed by atoms with van der Waals surface area (Å²) in [6.07, 6.45) is -1.42. The molecule has 1 rings (SSSR count). The molecule has 0 spiro atoms. The molecule has 0 saturated heterocycles. The van der Waals surface area contributed by atoms with E-state index in [4.69, 9.17) is 0 Å². The molecule has 0 aliphatic rings. The van der Waals surface area contributed by atoms with Crippen LogP contribution in [0.1, 0.15) is 15.9 Å². The molecule has 0 aromatic heterocycles. The smallest absolute Gasteiger partial charge is 0.336 e. The highest BCUT2D eigenvalue weighted by molar-refractivity contribution is 5.96. The molecule has 3 N–H and O–H groups in total. The van der Waals surface area contributed by atoms with E-state index in [0.717, 1.165) is 12.7 Å². The van der Waals surface area contributed by atoms with Gasteiger partial charge in [0, 0.05) is 5.56 Å². The van der Waals surface area contributed by atoms with E-state index in [1.165, 1.54) is 0 Å². The number of carbonyl (C=O) groups excluding carboxylic acids is 3. The van der Waals surface area contributed by atoms with Gasteiger partial charge in [0.1, 0.15) is 0 Å². The quantitative estimate of drug-likeness (QED) is 0.606. The molecule has 0 radical (unpaired) electrons. The second-order valence-corrected chi connectivity index (χ2v) is 4.40. The van der Waals surface area contributed by atoms with Crippen molar-refractivity contribution in [3.05, 3.63) is 35.4 Å². The summed E-state index contributed by atoms with van der Waals surface area (Å²) in [5, 5.41) is 14.0. The Hall–Kier alpha value is -2.41. The lowest BCUT2D eigenvalue weighted by Crippen LogP contribution is -2.42. The topological polar surface area (TPSA) is 105 Å². The summed E-state index contributed by atoms with van der Waals surface area (Å²) < 4.78 is 4.30. The zero-order chi connectivity index (χ0) is 15.8. The second-order valence-electron chi connectivity index (χ2n) is 4.40. The Kier molecular flexibility index (Phi) is 6.35. The molecule has 1 unspecified atom stereocenters. The van der Waals surface area contributed by atoms with Crippen molar-refractivity contribution < 1.29 is 24.2 Å². The Morgan fingerprint density at radius 2 is 2.00 bits per heavy atom. The van der Waals surface area contributed by atoms with E-state index in [1.54, 1.807) is 18.2 Å². The Labute approximate surface area is 122 Å². The van der Waals surface area contributed by atoms with Crippen LogP contribution in [0.4, 0.5) is 0 Å². The third-order valence-corrected chi connectivity index (χ3v) is 2.66. The first kappa shape index (κ1) is 16.6. The average molecular weight is 294 g/mol. The van der Waals surface area contributed by atoms with E-state index >= 15 is 0 Å². The van der Waals surface area contributed by atoms with Crippen molar-refractivity contribution in [1.29, 1.82) is 0 Å². The lowest BCUT2D eigenvalue weighted by atomic mass is 10.1. The number of amides is 2. The van der Waals surface area contributed by atoms with E-state index in [-0.39, 0.29) is 19.0 Å². The van der Waals surface area contributed by atoms with E-state index in [2.05, 4.69) is 15.4 Å². The van der Waals surface area contributed by atoms with Gasteiger partial charge in [0.25, 0.3) is 5.91 Å². The molecule has 1 aromatic rings. The van der Waals surface area contributed by atoms with Crippen molar-refractivity contribution in [3.8, 4) is 0 Å². The van der Waals surface area contributed by atoms with Crippen LogP contribution >= 0.6 is 0 Å². The maximum atomic E-state index is 11.8. The van der Waals surface area contributed by atoms with Crippen LogP contribution in [0.3, 0.4) is 0 Å². The van der Waals surface area contributed by atoms with Crippen LogP contribution in [0, 0.1) is 6.92 Å². The Morgan fingerprint density at radius 3 is 2.62 bits per heavy atom. The third-order valence-electron chi connectivity index (χ3n) is 2.66. The number of benzene rings is 1. The number of aliphatic hydroxyl groups is 1. The summed E-state index contributed by atoms with van der Waals surface area (Å²) in [4.78, 5) is 34.2. The highest BCUT2D eigenvalue weighted by atomic mass is 16.5. The Balaban J connectivity index is 2.36. The molecule has 0 aliphatic heterocycles. The standard InChI is InChI=1S/C14H18N2O5/c1-9-4-3-5-10(6-9)13(19)16-8-12(18)15-7-11(17)14(20)21-2/h3-6,11,17H,7-8H2,1-2H3,(H,15,18)(H,16,19). The minimum absolute atomic E-state index is 0.249. The van der Waals surface area contributed by atoms with Crippen LogP contribution in [-0.4, -0.2) is 49.2 Å². The molecule has 0 heterocycles. The van der Waals surface area contributed by atoms with Crippen LogP contribution in [0.25, 0.3) is 0 Å². The zero-order valence-corrected chi connectivity index (χ0v) is 11.9.